The molecule has 0 bridgehead atoms. The summed E-state index contributed by atoms with van der Waals surface area (Å²) in [7, 11) is 4.99. The second-order valence-corrected chi connectivity index (χ2v) is 19.7. The summed E-state index contributed by atoms with van der Waals surface area (Å²) in [5, 5.41) is 0. The van der Waals surface area contributed by atoms with E-state index < -0.39 is 0 Å². The summed E-state index contributed by atoms with van der Waals surface area (Å²) < 4.78 is 0. The lowest BCUT2D eigenvalue weighted by Crippen LogP contribution is -2.46. The molecule has 0 saturated heterocycles. The summed E-state index contributed by atoms with van der Waals surface area (Å²) in [6.45, 7) is 0. The van der Waals surface area contributed by atoms with Crippen LogP contribution < -0.4 is 0 Å². The van der Waals surface area contributed by atoms with Crippen molar-refractivity contribution < 1.29 is 0 Å². The monoisotopic (exact) mass is 633 g/mol. The molecule has 8 rings (SSSR count). The van der Waals surface area contributed by atoms with Crippen LogP contribution in [-0.2, 0) is 0 Å². The highest BCUT2D eigenvalue weighted by molar-refractivity contribution is 4.99. The van der Waals surface area contributed by atoms with Gasteiger partial charge in [0.1, 0.15) is 0 Å². The average molecular weight is 633 g/mol. The highest BCUT2D eigenvalue weighted by Crippen LogP contribution is 2.58. The molecule has 0 aromatic heterocycles. The summed E-state index contributed by atoms with van der Waals surface area (Å²) in [6, 6.07) is 3.62. The molecule has 0 spiro atoms. The van der Waals surface area contributed by atoms with Crippen LogP contribution in [0, 0.1) is 59.2 Å². The van der Waals surface area contributed by atoms with Crippen molar-refractivity contribution in [3.05, 3.63) is 0 Å². The normalized spacial score (nSPS) is 46.4. The third-order valence-electron chi connectivity index (χ3n) is 17.7. The Morgan fingerprint density at radius 2 is 0.478 bits per heavy atom. The van der Waals surface area contributed by atoms with Crippen molar-refractivity contribution in [3.8, 4) is 0 Å². The summed E-state index contributed by atoms with van der Waals surface area (Å²) >= 11 is 0. The van der Waals surface area contributed by atoms with Crippen LogP contribution in [0.2, 0.25) is 0 Å². The number of rotatable bonds is 6. The highest BCUT2D eigenvalue weighted by atomic mass is 15.2. The van der Waals surface area contributed by atoms with Crippen LogP contribution in [-0.4, -0.2) is 48.1 Å². The van der Waals surface area contributed by atoms with Gasteiger partial charge in [-0.25, -0.2) is 0 Å². The first-order chi connectivity index (χ1) is 22.6. The lowest BCUT2D eigenvalue weighted by Gasteiger charge is -2.54. The van der Waals surface area contributed by atoms with Crippen molar-refractivity contribution in [2.45, 2.75) is 204 Å². The Balaban J connectivity index is 0.784. The van der Waals surface area contributed by atoms with E-state index >= 15 is 0 Å². The van der Waals surface area contributed by atoms with Gasteiger partial charge in [-0.05, 0) is 215 Å². The SMILES string of the molecule is CN(C1CCCCC1)C1CCC(C2CCC3CC4CC5CC(C6CCC(N(C)C7CCCCC7)CC6)CCC5CC4CC3C2)CC1. The quantitative estimate of drug-likeness (QED) is 0.287. The maximum Gasteiger partial charge on any atom is 0.00953 e. The van der Waals surface area contributed by atoms with Crippen LogP contribution in [0.15, 0.2) is 0 Å². The van der Waals surface area contributed by atoms with Crippen LogP contribution in [0.3, 0.4) is 0 Å². The van der Waals surface area contributed by atoms with Gasteiger partial charge in [-0.3, -0.25) is 0 Å². The smallest absolute Gasteiger partial charge is 0.00953 e. The van der Waals surface area contributed by atoms with Crippen molar-refractivity contribution in [1.82, 2.24) is 9.80 Å². The molecule has 0 amide bonds. The molecule has 8 aliphatic carbocycles. The molecule has 0 aromatic rings. The molecule has 0 heterocycles. The molecular weight excluding hydrogens is 556 g/mol. The van der Waals surface area contributed by atoms with E-state index in [1.165, 1.54) is 89.9 Å². The molecule has 0 aliphatic heterocycles. The molecule has 8 unspecified atom stereocenters. The number of hydrogen-bond acceptors (Lipinski definition) is 2. The highest BCUT2D eigenvalue weighted by Gasteiger charge is 2.48. The molecule has 8 saturated carbocycles. The van der Waals surface area contributed by atoms with Crippen molar-refractivity contribution in [2.75, 3.05) is 14.1 Å². The van der Waals surface area contributed by atoms with E-state index in [1.54, 1.807) is 89.9 Å². The lowest BCUT2D eigenvalue weighted by molar-refractivity contribution is -0.0348. The Labute approximate surface area is 286 Å². The van der Waals surface area contributed by atoms with Gasteiger partial charge in [-0.1, -0.05) is 38.5 Å². The Hall–Kier alpha value is -0.0800. The first-order valence-electron chi connectivity index (χ1n) is 22.0. The fraction of sp³-hybridized carbons (Fsp3) is 1.00. The average Bonchev–Trinajstić information content (AvgIpc) is 3.13. The van der Waals surface area contributed by atoms with Crippen LogP contribution >= 0.6 is 0 Å². The largest absolute Gasteiger partial charge is 0.300 e. The molecule has 46 heavy (non-hydrogen) atoms. The molecule has 262 valence electrons. The molecule has 8 aliphatic rings. The van der Waals surface area contributed by atoms with E-state index in [9.17, 15) is 0 Å². The first kappa shape index (κ1) is 33.1. The summed E-state index contributed by atoms with van der Waals surface area (Å²) in [5.41, 5.74) is 0. The zero-order chi connectivity index (χ0) is 31.0. The summed E-state index contributed by atoms with van der Waals surface area (Å²) in [4.78, 5) is 5.72. The van der Waals surface area contributed by atoms with Crippen molar-refractivity contribution >= 4 is 0 Å². The van der Waals surface area contributed by atoms with E-state index in [2.05, 4.69) is 23.9 Å². The van der Waals surface area contributed by atoms with Crippen molar-refractivity contribution in [3.63, 3.8) is 0 Å². The standard InChI is InChI=1S/C44H76N2/c1-45(41-9-5-3-6-10-41)43-21-17-31(18-22-43)33-13-15-35-27-40-30-38-26-34(14-16-36(38)28-39(40)29-37(35)25-33)32-19-23-44(24-20-32)46(2)42-11-7-4-8-12-42/h31-44H,3-30H2,1-2H3. The van der Waals surface area contributed by atoms with Gasteiger partial charge in [-0.2, -0.15) is 0 Å². The molecule has 8 fully saturated rings. The minimum absolute atomic E-state index is 0.902. The second kappa shape index (κ2) is 15.0. The van der Waals surface area contributed by atoms with E-state index in [0.29, 0.717) is 0 Å². The number of fused-ring (bicyclic) bond motifs is 3. The molecule has 0 aromatic carbocycles. The first-order valence-corrected chi connectivity index (χ1v) is 22.0. The number of hydrogen-bond donors (Lipinski definition) is 0. The third kappa shape index (κ3) is 7.21. The fourth-order valence-corrected chi connectivity index (χ4v) is 14.8. The zero-order valence-electron chi connectivity index (χ0n) is 30.8. The van der Waals surface area contributed by atoms with E-state index in [1.807, 2.05) is 0 Å². The van der Waals surface area contributed by atoms with E-state index in [-0.39, 0.29) is 0 Å². The Morgan fingerprint density at radius 1 is 0.239 bits per heavy atom. The van der Waals surface area contributed by atoms with Gasteiger partial charge in [-0.15, -0.1) is 0 Å². The van der Waals surface area contributed by atoms with E-state index in [4.69, 9.17) is 0 Å². The summed E-state index contributed by atoms with van der Waals surface area (Å²) in [6.07, 6.45) is 43.4. The van der Waals surface area contributed by atoms with Gasteiger partial charge in [0.2, 0.25) is 0 Å². The van der Waals surface area contributed by atoms with Crippen LogP contribution in [0.5, 0.6) is 0 Å². The van der Waals surface area contributed by atoms with Crippen LogP contribution in [0.1, 0.15) is 180 Å². The Bertz CT molecular complexity index is 858. The third-order valence-corrected chi connectivity index (χ3v) is 17.7. The molecule has 2 heteroatoms. The maximum absolute atomic E-state index is 2.86. The van der Waals surface area contributed by atoms with Gasteiger partial charge in [0.05, 0.1) is 0 Å². The van der Waals surface area contributed by atoms with Gasteiger partial charge in [0.15, 0.2) is 0 Å². The topological polar surface area (TPSA) is 6.48 Å². The summed E-state index contributed by atoms with van der Waals surface area (Å²) in [5.74, 6) is 11.0. The van der Waals surface area contributed by atoms with Crippen LogP contribution in [0.4, 0.5) is 0 Å². The number of nitrogens with zero attached hydrogens (tertiary/aromatic N) is 2. The van der Waals surface area contributed by atoms with Gasteiger partial charge < -0.3 is 9.80 Å². The van der Waals surface area contributed by atoms with Gasteiger partial charge in [0, 0.05) is 24.2 Å². The molecule has 0 radical (unpaired) electrons. The van der Waals surface area contributed by atoms with Crippen LogP contribution in [0.25, 0.3) is 0 Å². The minimum Gasteiger partial charge on any atom is -0.300 e. The predicted molar refractivity (Wildman–Crippen MR) is 195 cm³/mol. The molecule has 2 nitrogen and oxygen atoms in total. The van der Waals surface area contributed by atoms with E-state index in [0.717, 1.165) is 83.3 Å². The van der Waals surface area contributed by atoms with Crippen molar-refractivity contribution in [1.29, 1.82) is 0 Å². The minimum atomic E-state index is 0.902. The Kier molecular flexibility index (Phi) is 10.8. The predicted octanol–water partition coefficient (Wildman–Crippen LogP) is 11.5. The van der Waals surface area contributed by atoms with Gasteiger partial charge >= 0.3 is 0 Å². The fourth-order valence-electron chi connectivity index (χ4n) is 14.8. The van der Waals surface area contributed by atoms with Gasteiger partial charge in [0.25, 0.3) is 0 Å². The molecule has 8 atom stereocenters. The molecular formula is C44H76N2. The second-order valence-electron chi connectivity index (χ2n) is 19.7. The van der Waals surface area contributed by atoms with Crippen molar-refractivity contribution in [2.24, 2.45) is 59.2 Å². The Morgan fingerprint density at radius 3 is 0.826 bits per heavy atom. The zero-order valence-corrected chi connectivity index (χ0v) is 30.8. The lowest BCUT2D eigenvalue weighted by atomic mass is 9.52. The maximum atomic E-state index is 2.86. The molecule has 0 N–H and O–H groups in total.